The van der Waals surface area contributed by atoms with Crippen LogP contribution >= 0.6 is 0 Å². The molecule has 0 saturated carbocycles. The molecule has 4 aromatic rings. The highest BCUT2D eigenvalue weighted by Gasteiger charge is 2.28. The van der Waals surface area contributed by atoms with Crippen molar-refractivity contribution >= 4 is 17.5 Å². The average molecular weight is 654 g/mol. The molecule has 1 aliphatic rings. The van der Waals surface area contributed by atoms with Gasteiger partial charge >= 0.3 is 0 Å². The summed E-state index contributed by atoms with van der Waals surface area (Å²) in [6.07, 6.45) is 3.52. The molecule has 1 N–H and O–H groups in total. The van der Waals surface area contributed by atoms with E-state index in [2.05, 4.69) is 15.2 Å². The monoisotopic (exact) mass is 653 g/mol. The van der Waals surface area contributed by atoms with Crippen molar-refractivity contribution in [3.05, 3.63) is 108 Å². The minimum atomic E-state index is -0.566. The zero-order valence-corrected chi connectivity index (χ0v) is 28.1. The maximum atomic E-state index is 14.2. The third-order valence-corrected chi connectivity index (χ3v) is 8.36. The molecule has 0 atom stereocenters. The molecule has 1 saturated heterocycles. The van der Waals surface area contributed by atoms with Crippen molar-refractivity contribution in [1.82, 2.24) is 20.1 Å². The average Bonchev–Trinajstić information content (AvgIpc) is 3.09. The first-order valence-electron chi connectivity index (χ1n) is 16.3. The number of nitrogens with one attached hydrogen (secondary N) is 1. The lowest BCUT2D eigenvalue weighted by atomic mass is 10.0. The molecule has 5 rings (SSSR count). The molecule has 0 aliphatic carbocycles. The van der Waals surface area contributed by atoms with Crippen molar-refractivity contribution < 1.29 is 23.5 Å². The molecule has 48 heavy (non-hydrogen) atoms. The first-order valence-corrected chi connectivity index (χ1v) is 16.3. The molecular formula is C38H44FN5O4. The van der Waals surface area contributed by atoms with Crippen molar-refractivity contribution in [2.75, 3.05) is 65.9 Å². The van der Waals surface area contributed by atoms with Crippen molar-refractivity contribution in [2.45, 2.75) is 25.4 Å². The largest absolute Gasteiger partial charge is 0.492 e. The van der Waals surface area contributed by atoms with Crippen LogP contribution in [0.3, 0.4) is 0 Å². The number of rotatable bonds is 13. The molecule has 1 aromatic heterocycles. The first-order chi connectivity index (χ1) is 23.2. The Hall–Kier alpha value is -4.96. The van der Waals surface area contributed by atoms with Gasteiger partial charge in [0.1, 0.15) is 24.3 Å². The Labute approximate surface area is 282 Å². The van der Waals surface area contributed by atoms with Crippen LogP contribution in [0.15, 0.2) is 85.1 Å². The highest BCUT2D eigenvalue weighted by molar-refractivity contribution is 6.07. The summed E-state index contributed by atoms with van der Waals surface area (Å²) in [6.45, 7) is 2.74. The second kappa shape index (κ2) is 16.2. The topological polar surface area (TPSA) is 87.2 Å². The Bertz CT molecular complexity index is 1650. The van der Waals surface area contributed by atoms with Gasteiger partial charge in [0, 0.05) is 76.6 Å². The fourth-order valence-electron chi connectivity index (χ4n) is 5.50. The number of halogens is 1. The SMILES string of the molecule is CN(C)CCOc1ccc(-c2ccc(OC3CCN(C(=O)c4ccc(F)cc4C(=O)NCCc4ccc(N(C)C)cc4)CC3)nc2)cc1. The fourth-order valence-corrected chi connectivity index (χ4v) is 5.50. The summed E-state index contributed by atoms with van der Waals surface area (Å²) in [6, 6.07) is 23.6. The van der Waals surface area contributed by atoms with E-state index in [1.807, 2.05) is 93.8 Å². The predicted molar refractivity (Wildman–Crippen MR) is 186 cm³/mol. The number of likely N-dealkylation sites (N-methyl/N-ethyl adjacent to an activating group) is 1. The van der Waals surface area contributed by atoms with Crippen LogP contribution in [-0.4, -0.2) is 93.7 Å². The summed E-state index contributed by atoms with van der Waals surface area (Å²) in [5.74, 6) is 0.0193. The van der Waals surface area contributed by atoms with Gasteiger partial charge in [-0.15, -0.1) is 0 Å². The summed E-state index contributed by atoms with van der Waals surface area (Å²) in [7, 11) is 7.99. The second-order valence-electron chi connectivity index (χ2n) is 12.4. The predicted octanol–water partition coefficient (Wildman–Crippen LogP) is 5.55. The van der Waals surface area contributed by atoms with Crippen molar-refractivity contribution in [1.29, 1.82) is 0 Å². The van der Waals surface area contributed by atoms with E-state index in [-0.39, 0.29) is 23.1 Å². The maximum absolute atomic E-state index is 14.2. The number of likely N-dealkylation sites (tertiary alicyclic amines) is 1. The van der Waals surface area contributed by atoms with E-state index < -0.39 is 11.7 Å². The van der Waals surface area contributed by atoms with E-state index in [0.717, 1.165) is 40.7 Å². The summed E-state index contributed by atoms with van der Waals surface area (Å²) < 4.78 is 26.2. The van der Waals surface area contributed by atoms with Crippen LogP contribution in [0.25, 0.3) is 11.1 Å². The number of pyridine rings is 1. The Kier molecular flexibility index (Phi) is 11.6. The van der Waals surface area contributed by atoms with Gasteiger partial charge in [-0.3, -0.25) is 9.59 Å². The number of anilines is 1. The molecule has 9 nitrogen and oxygen atoms in total. The number of nitrogens with zero attached hydrogens (tertiary/aromatic N) is 4. The molecule has 3 aromatic carbocycles. The molecule has 1 fully saturated rings. The van der Waals surface area contributed by atoms with Crippen LogP contribution in [0.5, 0.6) is 11.6 Å². The van der Waals surface area contributed by atoms with Crippen molar-refractivity contribution in [3.8, 4) is 22.8 Å². The lowest BCUT2D eigenvalue weighted by Gasteiger charge is -2.32. The van der Waals surface area contributed by atoms with Crippen molar-refractivity contribution in [3.63, 3.8) is 0 Å². The minimum Gasteiger partial charge on any atom is -0.492 e. The third-order valence-electron chi connectivity index (χ3n) is 8.36. The molecule has 0 radical (unpaired) electrons. The fraction of sp³-hybridized carbons (Fsp3) is 0.342. The minimum absolute atomic E-state index is 0.0390. The van der Waals surface area contributed by atoms with Crippen LogP contribution in [0, 0.1) is 5.82 Å². The molecular weight excluding hydrogens is 609 g/mol. The lowest BCUT2D eigenvalue weighted by Crippen LogP contribution is -2.42. The van der Waals surface area contributed by atoms with E-state index in [9.17, 15) is 14.0 Å². The third kappa shape index (κ3) is 9.32. The lowest BCUT2D eigenvalue weighted by molar-refractivity contribution is 0.0584. The molecule has 0 bridgehead atoms. The van der Waals surface area contributed by atoms with Gasteiger partial charge in [-0.1, -0.05) is 24.3 Å². The van der Waals surface area contributed by atoms with Crippen LogP contribution in [-0.2, 0) is 6.42 Å². The van der Waals surface area contributed by atoms with E-state index in [4.69, 9.17) is 9.47 Å². The van der Waals surface area contributed by atoms with Crippen LogP contribution in [0.2, 0.25) is 0 Å². The van der Waals surface area contributed by atoms with Crippen LogP contribution in [0.1, 0.15) is 39.1 Å². The number of aromatic nitrogens is 1. The van der Waals surface area contributed by atoms with Gasteiger partial charge in [-0.2, -0.15) is 0 Å². The van der Waals surface area contributed by atoms with Gasteiger partial charge < -0.3 is 29.5 Å². The smallest absolute Gasteiger partial charge is 0.254 e. The van der Waals surface area contributed by atoms with E-state index >= 15 is 0 Å². The molecule has 2 heterocycles. The summed E-state index contributed by atoms with van der Waals surface area (Å²) >= 11 is 0. The quantitative estimate of drug-likeness (QED) is 0.203. The number of ether oxygens (including phenoxy) is 2. The van der Waals surface area contributed by atoms with E-state index in [1.165, 1.54) is 12.1 Å². The summed E-state index contributed by atoms with van der Waals surface area (Å²) in [5, 5.41) is 2.85. The Morgan fingerprint density at radius 1 is 0.896 bits per heavy atom. The number of carbonyl (C=O) groups excluding carboxylic acids is 2. The van der Waals surface area contributed by atoms with Gasteiger partial charge in [0.25, 0.3) is 11.8 Å². The van der Waals surface area contributed by atoms with Gasteiger partial charge in [0.15, 0.2) is 0 Å². The standard InChI is InChI=1S/C38H44FN5O4/c1-42(2)23-24-47-32-13-7-28(8-14-32)29-9-16-36(41-26-29)48-33-18-21-44(22-19-33)38(46)34-15-10-30(39)25-35(34)37(45)40-20-17-27-5-11-31(12-6-27)43(3)4/h5-16,25-26,33H,17-24H2,1-4H3,(H,40,45). The van der Waals surface area contributed by atoms with Gasteiger partial charge in [0.05, 0.1) is 11.1 Å². The highest BCUT2D eigenvalue weighted by Crippen LogP contribution is 2.25. The van der Waals surface area contributed by atoms with Crippen molar-refractivity contribution in [2.24, 2.45) is 0 Å². The van der Waals surface area contributed by atoms with Gasteiger partial charge in [-0.25, -0.2) is 9.37 Å². The number of hydrogen-bond acceptors (Lipinski definition) is 7. The van der Waals surface area contributed by atoms with Gasteiger partial charge in [-0.05, 0) is 80.2 Å². The molecule has 10 heteroatoms. The van der Waals surface area contributed by atoms with E-state index in [1.54, 1.807) is 11.1 Å². The summed E-state index contributed by atoms with van der Waals surface area (Å²) in [5.41, 5.74) is 4.39. The Morgan fingerprint density at radius 2 is 1.60 bits per heavy atom. The Balaban J connectivity index is 1.11. The first kappa shape index (κ1) is 34.4. The van der Waals surface area contributed by atoms with Crippen LogP contribution in [0.4, 0.5) is 10.1 Å². The zero-order valence-electron chi connectivity index (χ0n) is 28.1. The number of hydrogen-bond donors (Lipinski definition) is 1. The van der Waals surface area contributed by atoms with E-state index in [0.29, 0.717) is 51.4 Å². The molecule has 0 unspecified atom stereocenters. The number of amides is 2. The van der Waals surface area contributed by atoms with Gasteiger partial charge in [0.2, 0.25) is 5.88 Å². The Morgan fingerprint density at radius 3 is 2.25 bits per heavy atom. The maximum Gasteiger partial charge on any atom is 0.254 e. The number of benzene rings is 3. The zero-order chi connectivity index (χ0) is 34.0. The molecule has 0 spiro atoms. The summed E-state index contributed by atoms with van der Waals surface area (Å²) in [4.78, 5) is 36.9. The molecule has 1 aliphatic heterocycles. The molecule has 2 amide bonds. The molecule has 252 valence electrons. The number of carbonyl (C=O) groups is 2. The highest BCUT2D eigenvalue weighted by atomic mass is 19.1. The normalized spacial score (nSPS) is 13.3. The second-order valence-corrected chi connectivity index (χ2v) is 12.4. The number of piperidine rings is 1. The van der Waals surface area contributed by atoms with Crippen LogP contribution < -0.4 is 19.7 Å².